The van der Waals surface area contributed by atoms with E-state index in [1.165, 1.54) is 0 Å². The molecule has 0 unspecified atom stereocenters. The molecule has 7 heteroatoms. The van der Waals surface area contributed by atoms with Crippen LogP contribution < -0.4 is 14.8 Å². The highest BCUT2D eigenvalue weighted by molar-refractivity contribution is 6.01. The number of carbonyl (C=O) groups excluding carboxylic acids is 2. The standard InChI is InChI=1S/C25H30N2O5/c1-4-31-20-14-16-10-12-27-23(19(16)15-21(20)32-5-2)22(24(28)26-11-13-30-3)17-8-6-7-9-18(17)25(27)29/h6-9,14-15,22-23H,4-5,10-13H2,1-3H3,(H,26,28)/t22-,23-/m1/s1. The van der Waals surface area contributed by atoms with Gasteiger partial charge in [0.15, 0.2) is 11.5 Å². The third-order valence-electron chi connectivity index (χ3n) is 6.07. The zero-order chi connectivity index (χ0) is 22.7. The Morgan fingerprint density at radius 3 is 2.53 bits per heavy atom. The zero-order valence-corrected chi connectivity index (χ0v) is 18.8. The van der Waals surface area contributed by atoms with Gasteiger partial charge in [0.2, 0.25) is 5.91 Å². The summed E-state index contributed by atoms with van der Waals surface area (Å²) in [6.45, 7) is 6.28. The second-order valence-electron chi connectivity index (χ2n) is 7.91. The second kappa shape index (κ2) is 9.61. The molecule has 2 heterocycles. The van der Waals surface area contributed by atoms with Crippen molar-refractivity contribution in [2.45, 2.75) is 32.2 Å². The molecule has 2 aromatic rings. The van der Waals surface area contributed by atoms with Gasteiger partial charge in [-0.05, 0) is 55.2 Å². The number of amides is 2. The minimum Gasteiger partial charge on any atom is -0.490 e. The van der Waals surface area contributed by atoms with Gasteiger partial charge in [-0.2, -0.15) is 0 Å². The first-order valence-corrected chi connectivity index (χ1v) is 11.2. The molecule has 2 amide bonds. The topological polar surface area (TPSA) is 77.1 Å². The van der Waals surface area contributed by atoms with E-state index >= 15 is 0 Å². The Morgan fingerprint density at radius 2 is 1.81 bits per heavy atom. The maximum Gasteiger partial charge on any atom is 0.254 e. The normalized spacial score (nSPS) is 19.0. The predicted molar refractivity (Wildman–Crippen MR) is 120 cm³/mol. The summed E-state index contributed by atoms with van der Waals surface area (Å²) in [5, 5.41) is 2.99. The molecule has 2 aliphatic rings. The van der Waals surface area contributed by atoms with Crippen molar-refractivity contribution < 1.29 is 23.8 Å². The van der Waals surface area contributed by atoms with Crippen LogP contribution in [0.1, 0.15) is 52.9 Å². The summed E-state index contributed by atoms with van der Waals surface area (Å²) in [5.74, 6) is 0.665. The molecule has 0 saturated carbocycles. The number of hydrogen-bond donors (Lipinski definition) is 1. The van der Waals surface area contributed by atoms with Crippen LogP contribution in [0.5, 0.6) is 11.5 Å². The number of carbonyl (C=O) groups is 2. The third kappa shape index (κ3) is 3.93. The number of benzene rings is 2. The number of methoxy groups -OCH3 is 1. The second-order valence-corrected chi connectivity index (χ2v) is 7.91. The van der Waals surface area contributed by atoms with Crippen LogP contribution in [-0.4, -0.2) is 56.7 Å². The highest BCUT2D eigenvalue weighted by Gasteiger charge is 2.46. The SMILES string of the molecule is CCOc1cc2c(cc1OCC)[C@@H]1[C@H](C(=O)NCCOC)c3ccccc3C(=O)N1CC2. The maximum absolute atomic E-state index is 13.4. The first-order valence-electron chi connectivity index (χ1n) is 11.2. The summed E-state index contributed by atoms with van der Waals surface area (Å²) < 4.78 is 16.8. The highest BCUT2D eigenvalue weighted by atomic mass is 16.5. The molecular weight excluding hydrogens is 408 g/mol. The van der Waals surface area contributed by atoms with Crippen LogP contribution >= 0.6 is 0 Å². The van der Waals surface area contributed by atoms with E-state index in [1.54, 1.807) is 7.11 Å². The number of hydrogen-bond acceptors (Lipinski definition) is 5. The summed E-state index contributed by atoms with van der Waals surface area (Å²) in [4.78, 5) is 28.6. The molecule has 2 aliphatic heterocycles. The van der Waals surface area contributed by atoms with Gasteiger partial charge < -0.3 is 24.4 Å². The zero-order valence-electron chi connectivity index (χ0n) is 18.8. The van der Waals surface area contributed by atoms with Crippen LogP contribution in [0.4, 0.5) is 0 Å². The molecule has 0 radical (unpaired) electrons. The first kappa shape index (κ1) is 22.1. The molecule has 170 valence electrons. The van der Waals surface area contributed by atoms with Crippen LogP contribution in [0.2, 0.25) is 0 Å². The quantitative estimate of drug-likeness (QED) is 0.641. The first-order chi connectivity index (χ1) is 15.6. The van der Waals surface area contributed by atoms with E-state index in [1.807, 2.05) is 55.1 Å². The Balaban J connectivity index is 1.83. The molecule has 0 bridgehead atoms. The van der Waals surface area contributed by atoms with Crippen LogP contribution in [0, 0.1) is 0 Å². The van der Waals surface area contributed by atoms with E-state index < -0.39 is 12.0 Å². The Labute approximate surface area is 188 Å². The van der Waals surface area contributed by atoms with Crippen molar-refractivity contribution in [3.05, 3.63) is 58.7 Å². The van der Waals surface area contributed by atoms with Crippen molar-refractivity contribution in [1.29, 1.82) is 0 Å². The van der Waals surface area contributed by atoms with Gasteiger partial charge in [0.05, 0.1) is 31.8 Å². The average Bonchev–Trinajstić information content (AvgIpc) is 2.80. The Kier molecular flexibility index (Phi) is 6.65. The van der Waals surface area contributed by atoms with Gasteiger partial charge in [0.25, 0.3) is 5.91 Å². The van der Waals surface area contributed by atoms with E-state index in [0.717, 1.165) is 16.7 Å². The summed E-state index contributed by atoms with van der Waals surface area (Å²) in [6, 6.07) is 11.0. The average molecular weight is 439 g/mol. The lowest BCUT2D eigenvalue weighted by atomic mass is 9.75. The fraction of sp³-hybridized carbons (Fsp3) is 0.440. The Bertz CT molecular complexity index is 1010. The highest BCUT2D eigenvalue weighted by Crippen LogP contribution is 2.48. The van der Waals surface area contributed by atoms with Crippen molar-refractivity contribution in [3.8, 4) is 11.5 Å². The molecule has 1 N–H and O–H groups in total. The number of fused-ring (bicyclic) bond motifs is 4. The van der Waals surface area contributed by atoms with Gasteiger partial charge in [0.1, 0.15) is 0 Å². The summed E-state index contributed by atoms with van der Waals surface area (Å²) in [7, 11) is 1.60. The van der Waals surface area contributed by atoms with E-state index in [4.69, 9.17) is 14.2 Å². The van der Waals surface area contributed by atoms with Crippen LogP contribution in [-0.2, 0) is 16.0 Å². The molecule has 32 heavy (non-hydrogen) atoms. The molecular formula is C25H30N2O5. The van der Waals surface area contributed by atoms with Crippen molar-refractivity contribution in [2.75, 3.05) is 40.0 Å². The van der Waals surface area contributed by atoms with Crippen LogP contribution in [0.15, 0.2) is 36.4 Å². The Morgan fingerprint density at radius 1 is 1.09 bits per heavy atom. The van der Waals surface area contributed by atoms with E-state index in [9.17, 15) is 9.59 Å². The number of nitrogens with one attached hydrogen (secondary N) is 1. The number of nitrogens with zero attached hydrogens (tertiary/aromatic N) is 1. The molecule has 4 rings (SSSR count). The van der Waals surface area contributed by atoms with Crippen molar-refractivity contribution in [1.82, 2.24) is 10.2 Å². The predicted octanol–water partition coefficient (Wildman–Crippen LogP) is 3.08. The third-order valence-corrected chi connectivity index (χ3v) is 6.07. The van der Waals surface area contributed by atoms with E-state index in [0.29, 0.717) is 56.4 Å². The largest absolute Gasteiger partial charge is 0.490 e. The van der Waals surface area contributed by atoms with Crippen molar-refractivity contribution in [2.24, 2.45) is 0 Å². The molecule has 0 aromatic heterocycles. The van der Waals surface area contributed by atoms with Gasteiger partial charge >= 0.3 is 0 Å². The molecule has 7 nitrogen and oxygen atoms in total. The monoisotopic (exact) mass is 438 g/mol. The lowest BCUT2D eigenvalue weighted by Gasteiger charge is -2.45. The molecule has 2 atom stereocenters. The van der Waals surface area contributed by atoms with Crippen LogP contribution in [0.25, 0.3) is 0 Å². The summed E-state index contributed by atoms with van der Waals surface area (Å²) >= 11 is 0. The summed E-state index contributed by atoms with van der Waals surface area (Å²) in [6.07, 6.45) is 0.699. The van der Waals surface area contributed by atoms with Gasteiger partial charge in [-0.3, -0.25) is 9.59 Å². The maximum atomic E-state index is 13.4. The minimum atomic E-state index is -0.521. The number of rotatable bonds is 8. The number of ether oxygens (including phenoxy) is 3. The molecule has 0 saturated heterocycles. The Hall–Kier alpha value is -3.06. The lowest BCUT2D eigenvalue weighted by Crippen LogP contribution is -2.50. The molecule has 0 aliphatic carbocycles. The fourth-order valence-electron chi connectivity index (χ4n) is 4.74. The van der Waals surface area contributed by atoms with E-state index in [2.05, 4.69) is 5.32 Å². The lowest BCUT2D eigenvalue weighted by molar-refractivity contribution is -0.124. The van der Waals surface area contributed by atoms with Crippen molar-refractivity contribution >= 4 is 11.8 Å². The smallest absolute Gasteiger partial charge is 0.254 e. The van der Waals surface area contributed by atoms with Gasteiger partial charge in [-0.15, -0.1) is 0 Å². The summed E-state index contributed by atoms with van der Waals surface area (Å²) in [5.41, 5.74) is 3.38. The molecule has 0 fully saturated rings. The molecule has 0 spiro atoms. The van der Waals surface area contributed by atoms with Gasteiger partial charge in [0, 0.05) is 25.8 Å². The molecule has 2 aromatic carbocycles. The minimum absolute atomic E-state index is 0.0379. The fourth-order valence-corrected chi connectivity index (χ4v) is 4.74. The van der Waals surface area contributed by atoms with Gasteiger partial charge in [-0.25, -0.2) is 0 Å². The van der Waals surface area contributed by atoms with Gasteiger partial charge in [-0.1, -0.05) is 18.2 Å². The van der Waals surface area contributed by atoms with Crippen LogP contribution in [0.3, 0.4) is 0 Å². The van der Waals surface area contributed by atoms with E-state index in [-0.39, 0.29) is 11.8 Å². The van der Waals surface area contributed by atoms with Crippen molar-refractivity contribution in [3.63, 3.8) is 0 Å².